The third kappa shape index (κ3) is 3.28. The minimum atomic E-state index is -0.386. The summed E-state index contributed by atoms with van der Waals surface area (Å²) in [7, 11) is 0. The molecule has 0 saturated heterocycles. The second kappa shape index (κ2) is 7.81. The van der Waals surface area contributed by atoms with E-state index in [0.717, 1.165) is 54.9 Å². The molecule has 6 heteroatoms. The van der Waals surface area contributed by atoms with Crippen molar-refractivity contribution >= 4 is 23.6 Å². The van der Waals surface area contributed by atoms with Crippen LogP contribution in [0.1, 0.15) is 57.3 Å². The van der Waals surface area contributed by atoms with Gasteiger partial charge in [-0.15, -0.1) is 0 Å². The average Bonchev–Trinajstić information content (AvgIpc) is 3.38. The molecule has 1 N–H and O–H groups in total. The fourth-order valence-corrected chi connectivity index (χ4v) is 9.03. The third-order valence-corrected chi connectivity index (χ3v) is 10.6. The van der Waals surface area contributed by atoms with Crippen LogP contribution in [0.25, 0.3) is 6.08 Å². The molecule has 33 heavy (non-hydrogen) atoms. The highest BCUT2D eigenvalue weighted by atomic mass is 32.2. The molecule has 2 heterocycles. The number of nitrogens with zero attached hydrogens (tertiary/aromatic N) is 2. The quantitative estimate of drug-likeness (QED) is 0.627. The van der Waals surface area contributed by atoms with Crippen molar-refractivity contribution in [3.8, 4) is 0 Å². The summed E-state index contributed by atoms with van der Waals surface area (Å²) in [6, 6.07) is 5.82. The Morgan fingerprint density at radius 2 is 2.15 bits per heavy atom. The van der Waals surface area contributed by atoms with Gasteiger partial charge in [-0.3, -0.25) is 4.79 Å². The van der Waals surface area contributed by atoms with Crippen LogP contribution in [0.4, 0.5) is 0 Å². The van der Waals surface area contributed by atoms with Gasteiger partial charge in [0.1, 0.15) is 5.78 Å². The van der Waals surface area contributed by atoms with Gasteiger partial charge in [0.15, 0.2) is 5.76 Å². The first-order chi connectivity index (χ1) is 15.9. The second-order valence-corrected chi connectivity index (χ2v) is 12.1. The fraction of sp³-hybridized carbons (Fsp3) is 0.593. The average molecular weight is 465 g/mol. The maximum absolute atomic E-state index is 13.4. The van der Waals surface area contributed by atoms with Crippen molar-refractivity contribution in [3.05, 3.63) is 47.5 Å². The topological polar surface area (TPSA) is 76.2 Å². The van der Waals surface area contributed by atoms with E-state index in [2.05, 4.69) is 30.1 Å². The van der Waals surface area contributed by atoms with Gasteiger partial charge < -0.3 is 9.63 Å². The highest BCUT2D eigenvalue weighted by Gasteiger charge is 2.63. The van der Waals surface area contributed by atoms with Gasteiger partial charge in [0.2, 0.25) is 0 Å². The van der Waals surface area contributed by atoms with E-state index in [1.54, 1.807) is 18.0 Å². The molecule has 0 aromatic carbocycles. The molecular formula is C27H32N2O3S. The minimum absolute atomic E-state index is 0.0371. The lowest BCUT2D eigenvalue weighted by Gasteiger charge is -2.59. The van der Waals surface area contributed by atoms with Crippen molar-refractivity contribution in [1.29, 1.82) is 0 Å². The molecule has 3 saturated carbocycles. The summed E-state index contributed by atoms with van der Waals surface area (Å²) >= 11 is 1.54. The van der Waals surface area contributed by atoms with Crippen LogP contribution >= 0.6 is 11.8 Å². The second-order valence-electron chi connectivity index (χ2n) is 11.1. The Kier molecular flexibility index (Phi) is 5.11. The number of thioether (sulfide) groups is 1. The number of ketones is 1. The zero-order valence-electron chi connectivity index (χ0n) is 19.4. The van der Waals surface area contributed by atoms with E-state index >= 15 is 0 Å². The Bertz CT molecular complexity index is 1100. The standard InChI is InChI=1S/C27H32N2O3S/c1-26-12-16-14-29-32-23(16)11-17(26)6-7-18-19-8-9-20(27(19,2)13-21(30)25(18)26)22(31)15-33-24-5-3-4-10-28-24/h3-5,10-11,14,18-21,25,30H,6-9,12-13,15H2,1-2H3. The van der Waals surface area contributed by atoms with Crippen LogP contribution in [-0.2, 0) is 11.2 Å². The number of aliphatic hydroxyl groups excluding tert-OH is 1. The van der Waals surface area contributed by atoms with E-state index in [0.29, 0.717) is 23.4 Å². The van der Waals surface area contributed by atoms with Gasteiger partial charge in [-0.05, 0) is 85.3 Å². The number of pyridine rings is 1. The van der Waals surface area contributed by atoms with E-state index < -0.39 is 0 Å². The lowest BCUT2D eigenvalue weighted by atomic mass is 9.46. The summed E-state index contributed by atoms with van der Waals surface area (Å²) in [5.41, 5.74) is 2.40. The van der Waals surface area contributed by atoms with Gasteiger partial charge in [0, 0.05) is 17.7 Å². The Balaban J connectivity index is 1.24. The molecule has 4 aliphatic carbocycles. The van der Waals surface area contributed by atoms with E-state index in [1.807, 2.05) is 24.4 Å². The number of hydrogen-bond acceptors (Lipinski definition) is 6. The molecule has 5 nitrogen and oxygen atoms in total. The van der Waals surface area contributed by atoms with E-state index in [9.17, 15) is 9.90 Å². The minimum Gasteiger partial charge on any atom is -0.393 e. The van der Waals surface area contributed by atoms with Crippen LogP contribution in [-0.4, -0.2) is 32.9 Å². The molecule has 0 aliphatic heterocycles. The summed E-state index contributed by atoms with van der Waals surface area (Å²) in [5.74, 6) is 2.93. The van der Waals surface area contributed by atoms with Crippen molar-refractivity contribution in [2.24, 2.45) is 34.5 Å². The zero-order valence-corrected chi connectivity index (χ0v) is 20.2. The number of rotatable bonds is 4. The maximum atomic E-state index is 13.4. The number of Topliss-reactive ketones (excluding diaryl/α,β-unsaturated/α-hetero) is 1. The molecule has 0 spiro atoms. The normalized spacial score (nSPS) is 39.1. The Labute approximate surface area is 199 Å². The highest BCUT2D eigenvalue weighted by molar-refractivity contribution is 7.99. The molecule has 3 fully saturated rings. The van der Waals surface area contributed by atoms with Crippen LogP contribution in [0.2, 0.25) is 0 Å². The predicted molar refractivity (Wildman–Crippen MR) is 127 cm³/mol. The van der Waals surface area contributed by atoms with Gasteiger partial charge in [-0.2, -0.15) is 0 Å². The van der Waals surface area contributed by atoms with Crippen LogP contribution in [0, 0.1) is 34.5 Å². The number of hydrogen-bond donors (Lipinski definition) is 1. The molecule has 2 aromatic heterocycles. The Morgan fingerprint density at radius 3 is 2.97 bits per heavy atom. The molecule has 0 amide bonds. The number of aliphatic hydroxyl groups is 1. The molecule has 2 aromatic rings. The van der Waals surface area contributed by atoms with Gasteiger partial charge in [0.25, 0.3) is 0 Å². The van der Waals surface area contributed by atoms with Gasteiger partial charge in [-0.1, -0.05) is 42.4 Å². The fourth-order valence-electron chi connectivity index (χ4n) is 8.22. The zero-order chi connectivity index (χ0) is 22.8. The highest BCUT2D eigenvalue weighted by Crippen LogP contribution is 2.66. The lowest BCUT2D eigenvalue weighted by Crippen LogP contribution is -2.57. The molecule has 4 aliphatic rings. The number of aromatic nitrogens is 2. The molecule has 6 rings (SSSR count). The lowest BCUT2D eigenvalue weighted by molar-refractivity contribution is -0.140. The Morgan fingerprint density at radius 1 is 1.27 bits per heavy atom. The summed E-state index contributed by atoms with van der Waals surface area (Å²) < 4.78 is 5.46. The predicted octanol–water partition coefficient (Wildman–Crippen LogP) is 5.20. The summed E-state index contributed by atoms with van der Waals surface area (Å²) in [4.78, 5) is 17.7. The first kappa shape index (κ1) is 21.6. The molecule has 7 atom stereocenters. The van der Waals surface area contributed by atoms with Crippen LogP contribution in [0.15, 0.2) is 45.7 Å². The third-order valence-electron chi connectivity index (χ3n) is 9.60. The van der Waals surface area contributed by atoms with Crippen LogP contribution in [0.3, 0.4) is 0 Å². The largest absolute Gasteiger partial charge is 0.393 e. The first-order valence-corrected chi connectivity index (χ1v) is 13.3. The van der Waals surface area contributed by atoms with Gasteiger partial charge in [0.05, 0.1) is 23.1 Å². The Hall–Kier alpha value is -1.92. The molecule has 174 valence electrons. The van der Waals surface area contributed by atoms with E-state index in [4.69, 9.17) is 4.52 Å². The monoisotopic (exact) mass is 464 g/mol. The van der Waals surface area contributed by atoms with Crippen LogP contribution < -0.4 is 0 Å². The van der Waals surface area contributed by atoms with Crippen molar-refractivity contribution in [2.75, 3.05) is 5.75 Å². The molecular weight excluding hydrogens is 432 g/mol. The maximum Gasteiger partial charge on any atom is 0.162 e. The first-order valence-electron chi connectivity index (χ1n) is 12.3. The van der Waals surface area contributed by atoms with Gasteiger partial charge in [-0.25, -0.2) is 4.98 Å². The number of carbonyl (C=O) groups is 1. The molecule has 7 unspecified atom stereocenters. The number of allylic oxidation sites excluding steroid dienone is 1. The van der Waals surface area contributed by atoms with Crippen molar-refractivity contribution < 1.29 is 14.4 Å². The van der Waals surface area contributed by atoms with Crippen molar-refractivity contribution in [3.63, 3.8) is 0 Å². The van der Waals surface area contributed by atoms with E-state index in [-0.39, 0.29) is 28.8 Å². The van der Waals surface area contributed by atoms with Crippen LogP contribution in [0.5, 0.6) is 0 Å². The van der Waals surface area contributed by atoms with Crippen molar-refractivity contribution in [2.45, 2.75) is 63.5 Å². The summed E-state index contributed by atoms with van der Waals surface area (Å²) in [6.45, 7) is 4.64. The molecule has 0 bridgehead atoms. The van der Waals surface area contributed by atoms with Gasteiger partial charge >= 0.3 is 0 Å². The smallest absolute Gasteiger partial charge is 0.162 e. The summed E-state index contributed by atoms with van der Waals surface area (Å²) in [5, 5.41) is 16.6. The number of fused-ring (bicyclic) bond motifs is 6. The number of carbonyl (C=O) groups excluding carboxylic acids is 1. The SMILES string of the molecule is CC12Cc3cnoc3C=C1CCC1C2C(O)CC2(C)C(C(=O)CSc3ccccn3)CCC12. The summed E-state index contributed by atoms with van der Waals surface area (Å²) in [6.07, 6.45) is 11.2. The van der Waals surface area contributed by atoms with E-state index in [1.165, 1.54) is 5.57 Å². The van der Waals surface area contributed by atoms with Crippen molar-refractivity contribution in [1.82, 2.24) is 10.1 Å². The molecule has 0 radical (unpaired) electrons.